The zero-order valence-corrected chi connectivity index (χ0v) is 8.69. The van der Waals surface area contributed by atoms with Crippen molar-refractivity contribution in [2.75, 3.05) is 0 Å². The molecule has 2 aromatic rings. The predicted molar refractivity (Wildman–Crippen MR) is 57.3 cm³/mol. The van der Waals surface area contributed by atoms with E-state index < -0.39 is 0 Å². The summed E-state index contributed by atoms with van der Waals surface area (Å²) in [5.74, 6) is 0. The van der Waals surface area contributed by atoms with Gasteiger partial charge in [0.2, 0.25) is 0 Å². The standard InChI is InChI=1S/C10H8ClNS/c1-7-4-10(11)9(5-12-7)8-2-3-13-6-8/h2-6H,1H3. The first-order valence-electron chi connectivity index (χ1n) is 3.92. The Labute approximate surface area is 86.0 Å². The van der Waals surface area contributed by atoms with Crippen molar-refractivity contribution in [2.24, 2.45) is 0 Å². The second kappa shape index (κ2) is 3.48. The van der Waals surface area contributed by atoms with Gasteiger partial charge in [0.1, 0.15) is 0 Å². The van der Waals surface area contributed by atoms with Crippen LogP contribution in [-0.2, 0) is 0 Å². The Bertz CT molecular complexity index is 409. The lowest BCUT2D eigenvalue weighted by Gasteiger charge is -2.01. The lowest BCUT2D eigenvalue weighted by molar-refractivity contribution is 1.20. The fourth-order valence-electron chi connectivity index (χ4n) is 1.16. The molecule has 0 aromatic carbocycles. The van der Waals surface area contributed by atoms with Gasteiger partial charge in [-0.05, 0) is 35.4 Å². The van der Waals surface area contributed by atoms with Gasteiger partial charge in [-0.15, -0.1) is 0 Å². The van der Waals surface area contributed by atoms with Crippen LogP contribution in [0.4, 0.5) is 0 Å². The summed E-state index contributed by atoms with van der Waals surface area (Å²) in [5, 5.41) is 4.87. The third-order valence-electron chi connectivity index (χ3n) is 1.82. The van der Waals surface area contributed by atoms with E-state index in [1.54, 1.807) is 11.3 Å². The lowest BCUT2D eigenvalue weighted by atomic mass is 10.1. The van der Waals surface area contributed by atoms with Crippen molar-refractivity contribution >= 4 is 22.9 Å². The quantitative estimate of drug-likeness (QED) is 0.697. The van der Waals surface area contributed by atoms with Crippen molar-refractivity contribution in [2.45, 2.75) is 6.92 Å². The molecule has 2 aromatic heterocycles. The number of thiophene rings is 1. The van der Waals surface area contributed by atoms with Crippen LogP contribution in [0.3, 0.4) is 0 Å². The minimum Gasteiger partial charge on any atom is -0.261 e. The van der Waals surface area contributed by atoms with Crippen LogP contribution in [0.5, 0.6) is 0 Å². The zero-order valence-electron chi connectivity index (χ0n) is 7.12. The molecule has 0 spiro atoms. The number of aromatic nitrogens is 1. The van der Waals surface area contributed by atoms with Gasteiger partial charge in [0.15, 0.2) is 0 Å². The largest absolute Gasteiger partial charge is 0.261 e. The molecule has 0 atom stereocenters. The Kier molecular flexibility index (Phi) is 2.34. The highest BCUT2D eigenvalue weighted by molar-refractivity contribution is 7.08. The van der Waals surface area contributed by atoms with Gasteiger partial charge in [0.05, 0.1) is 5.02 Å². The molecule has 0 fully saturated rings. The van der Waals surface area contributed by atoms with Gasteiger partial charge in [0.25, 0.3) is 0 Å². The van der Waals surface area contributed by atoms with Crippen molar-refractivity contribution in [3.63, 3.8) is 0 Å². The molecule has 2 heterocycles. The summed E-state index contributed by atoms with van der Waals surface area (Å²) in [6.45, 7) is 1.93. The van der Waals surface area contributed by atoms with Crippen LogP contribution >= 0.6 is 22.9 Å². The summed E-state index contributed by atoms with van der Waals surface area (Å²) in [5.41, 5.74) is 3.10. The SMILES string of the molecule is Cc1cc(Cl)c(-c2ccsc2)cn1. The van der Waals surface area contributed by atoms with Gasteiger partial charge < -0.3 is 0 Å². The van der Waals surface area contributed by atoms with Gasteiger partial charge in [0, 0.05) is 17.5 Å². The Balaban J connectivity index is 2.53. The van der Waals surface area contributed by atoms with Gasteiger partial charge in [-0.25, -0.2) is 0 Å². The molecular formula is C10H8ClNS. The van der Waals surface area contributed by atoms with Crippen LogP contribution in [-0.4, -0.2) is 4.98 Å². The minimum atomic E-state index is 0.769. The van der Waals surface area contributed by atoms with Crippen LogP contribution < -0.4 is 0 Å². The summed E-state index contributed by atoms with van der Waals surface area (Å²) in [7, 11) is 0. The van der Waals surface area contributed by atoms with Crippen LogP contribution in [0.25, 0.3) is 11.1 Å². The lowest BCUT2D eigenvalue weighted by Crippen LogP contribution is -1.83. The monoisotopic (exact) mass is 209 g/mol. The second-order valence-corrected chi connectivity index (χ2v) is 4.00. The molecule has 1 nitrogen and oxygen atoms in total. The Morgan fingerprint density at radius 2 is 2.31 bits per heavy atom. The van der Waals surface area contributed by atoms with E-state index in [4.69, 9.17) is 11.6 Å². The predicted octanol–water partition coefficient (Wildman–Crippen LogP) is 3.77. The third-order valence-corrected chi connectivity index (χ3v) is 2.82. The van der Waals surface area contributed by atoms with Crippen molar-refractivity contribution < 1.29 is 0 Å². The molecular weight excluding hydrogens is 202 g/mol. The van der Waals surface area contributed by atoms with E-state index in [9.17, 15) is 0 Å². The summed E-state index contributed by atoms with van der Waals surface area (Å²) >= 11 is 7.75. The summed E-state index contributed by atoms with van der Waals surface area (Å²) in [4.78, 5) is 4.22. The highest BCUT2D eigenvalue weighted by Gasteiger charge is 2.03. The highest BCUT2D eigenvalue weighted by atomic mass is 35.5. The molecule has 0 aliphatic rings. The van der Waals surface area contributed by atoms with E-state index in [1.165, 1.54) is 0 Å². The van der Waals surface area contributed by atoms with Crippen molar-refractivity contribution in [3.05, 3.63) is 39.8 Å². The van der Waals surface area contributed by atoms with E-state index in [0.717, 1.165) is 21.8 Å². The van der Waals surface area contributed by atoms with Crippen molar-refractivity contribution in [1.82, 2.24) is 4.98 Å². The van der Waals surface area contributed by atoms with Gasteiger partial charge in [-0.2, -0.15) is 11.3 Å². The Morgan fingerprint density at radius 3 is 2.92 bits per heavy atom. The molecule has 0 aliphatic carbocycles. The van der Waals surface area contributed by atoms with E-state index >= 15 is 0 Å². The van der Waals surface area contributed by atoms with E-state index in [2.05, 4.69) is 10.4 Å². The topological polar surface area (TPSA) is 12.9 Å². The van der Waals surface area contributed by atoms with Crippen molar-refractivity contribution in [1.29, 1.82) is 0 Å². The van der Waals surface area contributed by atoms with Gasteiger partial charge in [-0.1, -0.05) is 11.6 Å². The maximum Gasteiger partial charge on any atom is 0.0518 e. The molecule has 0 aliphatic heterocycles. The number of rotatable bonds is 1. The molecule has 3 heteroatoms. The molecule has 0 radical (unpaired) electrons. The first-order valence-corrected chi connectivity index (χ1v) is 5.24. The van der Waals surface area contributed by atoms with Crippen LogP contribution in [0.1, 0.15) is 5.69 Å². The summed E-state index contributed by atoms with van der Waals surface area (Å²) in [6, 6.07) is 3.93. The fraction of sp³-hybridized carbons (Fsp3) is 0.100. The van der Waals surface area contributed by atoms with Gasteiger partial charge in [-0.3, -0.25) is 4.98 Å². The molecule has 0 unspecified atom stereocenters. The smallest absolute Gasteiger partial charge is 0.0518 e. The molecule has 13 heavy (non-hydrogen) atoms. The van der Waals surface area contributed by atoms with Crippen LogP contribution in [0.2, 0.25) is 5.02 Å². The first-order chi connectivity index (χ1) is 6.27. The Hall–Kier alpha value is -0.860. The maximum absolute atomic E-state index is 6.09. The third kappa shape index (κ3) is 1.74. The number of halogens is 1. The average Bonchev–Trinajstić information content (AvgIpc) is 2.56. The normalized spacial score (nSPS) is 10.3. The molecule has 0 bridgehead atoms. The molecule has 0 N–H and O–H groups in total. The van der Waals surface area contributed by atoms with E-state index in [0.29, 0.717) is 0 Å². The van der Waals surface area contributed by atoms with E-state index in [-0.39, 0.29) is 0 Å². The summed E-state index contributed by atoms with van der Waals surface area (Å²) in [6.07, 6.45) is 1.82. The highest BCUT2D eigenvalue weighted by Crippen LogP contribution is 2.28. The number of hydrogen-bond donors (Lipinski definition) is 0. The maximum atomic E-state index is 6.09. The number of nitrogens with zero attached hydrogens (tertiary/aromatic N) is 1. The molecule has 66 valence electrons. The number of aryl methyl sites for hydroxylation is 1. The fourth-order valence-corrected chi connectivity index (χ4v) is 2.13. The van der Waals surface area contributed by atoms with Crippen LogP contribution in [0, 0.1) is 6.92 Å². The number of pyridine rings is 1. The van der Waals surface area contributed by atoms with Gasteiger partial charge >= 0.3 is 0 Å². The molecule has 0 saturated heterocycles. The second-order valence-electron chi connectivity index (χ2n) is 2.82. The van der Waals surface area contributed by atoms with Crippen LogP contribution in [0.15, 0.2) is 29.1 Å². The Morgan fingerprint density at radius 1 is 1.46 bits per heavy atom. The molecule has 2 rings (SSSR count). The number of hydrogen-bond acceptors (Lipinski definition) is 2. The van der Waals surface area contributed by atoms with Crippen molar-refractivity contribution in [3.8, 4) is 11.1 Å². The van der Waals surface area contributed by atoms with E-state index in [1.807, 2.05) is 30.6 Å². The first kappa shape index (κ1) is 8.73. The minimum absolute atomic E-state index is 0.769. The summed E-state index contributed by atoms with van der Waals surface area (Å²) < 4.78 is 0. The molecule has 0 amide bonds. The average molecular weight is 210 g/mol. The molecule has 0 saturated carbocycles. The zero-order chi connectivity index (χ0) is 9.26.